The molecule has 0 fully saturated rings. The molecule has 19 heavy (non-hydrogen) atoms. The van der Waals surface area contributed by atoms with Crippen molar-refractivity contribution in [2.75, 3.05) is 0 Å². The van der Waals surface area contributed by atoms with Crippen molar-refractivity contribution < 1.29 is 9.50 Å². The fraction of sp³-hybridized carbons (Fsp3) is 0.143. The average molecular weight is 364 g/mol. The summed E-state index contributed by atoms with van der Waals surface area (Å²) in [5.41, 5.74) is 1.40. The van der Waals surface area contributed by atoms with E-state index in [1.165, 1.54) is 12.1 Å². The first-order valence-corrected chi connectivity index (χ1v) is 7.04. The lowest BCUT2D eigenvalue weighted by Crippen LogP contribution is -2.05. The summed E-state index contributed by atoms with van der Waals surface area (Å²) in [4.78, 5) is 0. The van der Waals surface area contributed by atoms with E-state index in [0.29, 0.717) is 20.1 Å². The standard InChI is InChI=1S/C14H10BrCl2FO/c1-7-8(3-2-4-11(7)16)14(19)9-5-12(17)10(15)6-13(9)18/h2-6,14,19H,1H3. The zero-order valence-corrected chi connectivity index (χ0v) is 13.0. The average Bonchev–Trinajstić information content (AvgIpc) is 2.36. The Labute approximate surface area is 129 Å². The van der Waals surface area contributed by atoms with Crippen molar-refractivity contribution in [1.82, 2.24) is 0 Å². The Balaban J connectivity index is 2.53. The Bertz CT molecular complexity index is 631. The minimum atomic E-state index is -1.11. The van der Waals surface area contributed by atoms with Crippen molar-refractivity contribution in [3.63, 3.8) is 0 Å². The van der Waals surface area contributed by atoms with Crippen LogP contribution in [0.5, 0.6) is 0 Å². The Morgan fingerprint density at radius 1 is 1.16 bits per heavy atom. The Morgan fingerprint density at radius 3 is 2.53 bits per heavy atom. The number of aliphatic hydroxyl groups is 1. The lowest BCUT2D eigenvalue weighted by molar-refractivity contribution is 0.214. The molecule has 1 unspecified atom stereocenters. The molecule has 0 aliphatic heterocycles. The molecule has 0 heterocycles. The number of aliphatic hydroxyl groups excluding tert-OH is 1. The molecule has 0 bridgehead atoms. The molecule has 5 heteroatoms. The van der Waals surface area contributed by atoms with Crippen LogP contribution >= 0.6 is 39.1 Å². The van der Waals surface area contributed by atoms with E-state index < -0.39 is 11.9 Å². The van der Waals surface area contributed by atoms with E-state index in [2.05, 4.69) is 15.9 Å². The van der Waals surface area contributed by atoms with E-state index in [-0.39, 0.29) is 5.56 Å². The second-order valence-corrected chi connectivity index (χ2v) is 5.81. The van der Waals surface area contributed by atoms with E-state index in [0.717, 1.165) is 5.56 Å². The van der Waals surface area contributed by atoms with Gasteiger partial charge in [-0.15, -0.1) is 0 Å². The van der Waals surface area contributed by atoms with Gasteiger partial charge in [-0.25, -0.2) is 4.39 Å². The van der Waals surface area contributed by atoms with Crippen LogP contribution in [-0.2, 0) is 0 Å². The van der Waals surface area contributed by atoms with Gasteiger partial charge in [0, 0.05) is 15.1 Å². The van der Waals surface area contributed by atoms with Gasteiger partial charge in [-0.1, -0.05) is 35.3 Å². The third-order valence-corrected chi connectivity index (χ3v) is 4.54. The van der Waals surface area contributed by atoms with Gasteiger partial charge >= 0.3 is 0 Å². The molecule has 0 aliphatic carbocycles. The van der Waals surface area contributed by atoms with Crippen LogP contribution in [0.1, 0.15) is 22.8 Å². The van der Waals surface area contributed by atoms with E-state index in [4.69, 9.17) is 23.2 Å². The van der Waals surface area contributed by atoms with Gasteiger partial charge < -0.3 is 5.11 Å². The molecular formula is C14H10BrCl2FO. The van der Waals surface area contributed by atoms with Gasteiger partial charge in [-0.05, 0) is 52.2 Å². The van der Waals surface area contributed by atoms with Gasteiger partial charge in [0.25, 0.3) is 0 Å². The highest BCUT2D eigenvalue weighted by atomic mass is 79.9. The molecular weight excluding hydrogens is 354 g/mol. The third kappa shape index (κ3) is 2.95. The predicted molar refractivity (Wildman–Crippen MR) is 79.4 cm³/mol. The number of halogens is 4. The summed E-state index contributed by atoms with van der Waals surface area (Å²) in [5.74, 6) is -0.525. The fourth-order valence-corrected chi connectivity index (χ4v) is 2.50. The van der Waals surface area contributed by atoms with Crippen molar-refractivity contribution in [3.05, 3.63) is 67.4 Å². The van der Waals surface area contributed by atoms with Gasteiger partial charge in [0.2, 0.25) is 0 Å². The minimum Gasteiger partial charge on any atom is -0.384 e. The summed E-state index contributed by atoms with van der Waals surface area (Å²) in [6, 6.07) is 7.79. The zero-order valence-electron chi connectivity index (χ0n) is 9.92. The fourth-order valence-electron chi connectivity index (χ4n) is 1.84. The Morgan fingerprint density at radius 2 is 1.84 bits per heavy atom. The summed E-state index contributed by atoms with van der Waals surface area (Å²) < 4.78 is 14.4. The van der Waals surface area contributed by atoms with Crippen molar-refractivity contribution in [2.24, 2.45) is 0 Å². The second kappa shape index (κ2) is 5.80. The monoisotopic (exact) mass is 362 g/mol. The maximum absolute atomic E-state index is 13.9. The third-order valence-electron chi connectivity index (χ3n) is 2.94. The van der Waals surface area contributed by atoms with Gasteiger partial charge in [0.05, 0.1) is 5.02 Å². The predicted octanol–water partition coefficient (Wildman–Crippen LogP) is 5.29. The molecule has 0 aromatic heterocycles. The Kier molecular flexibility index (Phi) is 4.51. The van der Waals surface area contributed by atoms with Crippen LogP contribution in [0.25, 0.3) is 0 Å². The number of benzene rings is 2. The van der Waals surface area contributed by atoms with Crippen LogP contribution in [-0.4, -0.2) is 5.11 Å². The summed E-state index contributed by atoms with van der Waals surface area (Å²) >= 11 is 15.1. The van der Waals surface area contributed by atoms with Gasteiger partial charge in [0.15, 0.2) is 0 Å². The Hall–Kier alpha value is -0.610. The molecule has 0 amide bonds. The first kappa shape index (κ1) is 14.8. The summed E-state index contributed by atoms with van der Waals surface area (Å²) in [6.07, 6.45) is -1.11. The number of rotatable bonds is 2. The quantitative estimate of drug-likeness (QED) is 0.719. The lowest BCUT2D eigenvalue weighted by atomic mass is 9.97. The maximum Gasteiger partial charge on any atom is 0.130 e. The highest BCUT2D eigenvalue weighted by molar-refractivity contribution is 9.10. The molecule has 0 saturated carbocycles. The molecule has 0 radical (unpaired) electrons. The SMILES string of the molecule is Cc1c(Cl)cccc1C(O)c1cc(Cl)c(Br)cc1F. The van der Waals surface area contributed by atoms with Crippen LogP contribution < -0.4 is 0 Å². The zero-order chi connectivity index (χ0) is 14.2. The van der Waals surface area contributed by atoms with Crippen molar-refractivity contribution in [3.8, 4) is 0 Å². The van der Waals surface area contributed by atoms with Crippen LogP contribution in [0.2, 0.25) is 10.0 Å². The first-order chi connectivity index (χ1) is 8.91. The van der Waals surface area contributed by atoms with E-state index in [9.17, 15) is 9.50 Å². The van der Waals surface area contributed by atoms with Gasteiger partial charge in [-0.2, -0.15) is 0 Å². The lowest BCUT2D eigenvalue weighted by Gasteiger charge is -2.16. The number of hydrogen-bond donors (Lipinski definition) is 1. The number of hydrogen-bond acceptors (Lipinski definition) is 1. The molecule has 0 aliphatic rings. The highest BCUT2D eigenvalue weighted by Gasteiger charge is 2.19. The molecule has 100 valence electrons. The van der Waals surface area contributed by atoms with E-state index in [1.807, 2.05) is 0 Å². The van der Waals surface area contributed by atoms with Crippen molar-refractivity contribution in [2.45, 2.75) is 13.0 Å². The van der Waals surface area contributed by atoms with Crippen LogP contribution in [0.15, 0.2) is 34.8 Å². The first-order valence-electron chi connectivity index (χ1n) is 5.49. The molecule has 1 N–H and O–H groups in total. The smallest absolute Gasteiger partial charge is 0.130 e. The van der Waals surface area contributed by atoms with Gasteiger partial charge in [-0.3, -0.25) is 0 Å². The normalized spacial score (nSPS) is 12.5. The van der Waals surface area contributed by atoms with Crippen molar-refractivity contribution in [1.29, 1.82) is 0 Å². The molecule has 2 aromatic carbocycles. The summed E-state index contributed by atoms with van der Waals surface area (Å²) in [5, 5.41) is 11.2. The molecule has 1 atom stereocenters. The molecule has 0 saturated heterocycles. The minimum absolute atomic E-state index is 0.124. The van der Waals surface area contributed by atoms with Crippen LogP contribution in [0.3, 0.4) is 0 Å². The molecule has 1 nitrogen and oxygen atoms in total. The van der Waals surface area contributed by atoms with Crippen molar-refractivity contribution >= 4 is 39.1 Å². The molecule has 2 aromatic rings. The summed E-state index contributed by atoms with van der Waals surface area (Å²) in [7, 11) is 0. The highest BCUT2D eigenvalue weighted by Crippen LogP contribution is 2.34. The molecule has 0 spiro atoms. The van der Waals surface area contributed by atoms with E-state index >= 15 is 0 Å². The largest absolute Gasteiger partial charge is 0.384 e. The second-order valence-electron chi connectivity index (χ2n) is 4.14. The van der Waals surface area contributed by atoms with Gasteiger partial charge in [0.1, 0.15) is 11.9 Å². The van der Waals surface area contributed by atoms with E-state index in [1.54, 1.807) is 25.1 Å². The topological polar surface area (TPSA) is 20.2 Å². The maximum atomic E-state index is 13.9. The summed E-state index contributed by atoms with van der Waals surface area (Å²) in [6.45, 7) is 1.78. The van der Waals surface area contributed by atoms with Crippen LogP contribution in [0.4, 0.5) is 4.39 Å². The van der Waals surface area contributed by atoms with Crippen LogP contribution in [0, 0.1) is 12.7 Å². The molecule has 2 rings (SSSR count).